The van der Waals surface area contributed by atoms with Crippen LogP contribution in [-0.2, 0) is 27.4 Å². The van der Waals surface area contributed by atoms with E-state index in [0.717, 1.165) is 49.3 Å². The minimum Gasteiger partial charge on any atom is -0.489 e. The van der Waals surface area contributed by atoms with Gasteiger partial charge in [0.05, 0.1) is 19.2 Å². The summed E-state index contributed by atoms with van der Waals surface area (Å²) in [5, 5.41) is 6.38. The molecule has 1 aromatic carbocycles. The Labute approximate surface area is 236 Å². The molecule has 5 rings (SSSR count). The molecule has 214 valence electrons. The first kappa shape index (κ1) is 28.1. The lowest BCUT2D eigenvalue weighted by Gasteiger charge is -2.37. The number of rotatable bonds is 7. The largest absolute Gasteiger partial charge is 0.489 e. The third-order valence-corrected chi connectivity index (χ3v) is 8.24. The molecule has 2 aromatic rings. The second-order valence-corrected chi connectivity index (χ2v) is 11.0. The van der Waals surface area contributed by atoms with Crippen LogP contribution in [0.1, 0.15) is 36.8 Å². The summed E-state index contributed by atoms with van der Waals surface area (Å²) in [4.78, 5) is 34.3. The van der Waals surface area contributed by atoms with Crippen molar-refractivity contribution in [3.8, 4) is 5.75 Å². The van der Waals surface area contributed by atoms with Crippen molar-refractivity contribution in [3.63, 3.8) is 0 Å². The number of benzene rings is 1. The summed E-state index contributed by atoms with van der Waals surface area (Å²) in [6.45, 7) is 4.74. The third-order valence-electron chi connectivity index (χ3n) is 8.24. The molecule has 2 bridgehead atoms. The fourth-order valence-electron chi connectivity index (χ4n) is 6.09. The standard InChI is InChI=1S/C31H41N5O4/c1-39-22-28-7-3-12-36(28)27-8-9-29-26(15-27)19-33-20-31(38)35-13-10-24(25(21-35)6-4-14-40-29)16-30(37)34-18-23-5-2-11-32-17-23/h2,4-6,8-9,11,15,17,24-25,28,33H,3,7,10,12-14,16,18-22H2,1H3,(H,34,37)/b6-4-/t24-,25-,28-/m0/s1. The van der Waals surface area contributed by atoms with Gasteiger partial charge in [-0.05, 0) is 60.9 Å². The SMILES string of the molecule is COC[C@@H]1CCCN1c1ccc2c(c1)CNCC(=O)N1CC[C@@H](CC(=O)NCc3cccnc3)[C@@H](/C=C\CO2)C1. The lowest BCUT2D eigenvalue weighted by atomic mass is 9.82. The number of aromatic nitrogens is 1. The maximum atomic E-state index is 13.1. The van der Waals surface area contributed by atoms with E-state index in [-0.39, 0.29) is 30.2 Å². The number of nitrogens with zero attached hydrogens (tertiary/aromatic N) is 3. The molecule has 0 spiro atoms. The molecular formula is C31H41N5O4. The van der Waals surface area contributed by atoms with Crippen LogP contribution in [0, 0.1) is 11.8 Å². The van der Waals surface area contributed by atoms with Gasteiger partial charge in [0.25, 0.3) is 0 Å². The average molecular weight is 548 g/mol. The molecule has 2 N–H and O–H groups in total. The van der Waals surface area contributed by atoms with Crippen molar-refractivity contribution in [1.82, 2.24) is 20.5 Å². The van der Waals surface area contributed by atoms with E-state index < -0.39 is 0 Å². The zero-order valence-corrected chi connectivity index (χ0v) is 23.4. The molecule has 3 atom stereocenters. The van der Waals surface area contributed by atoms with Gasteiger partial charge < -0.3 is 29.9 Å². The topological polar surface area (TPSA) is 96.0 Å². The second-order valence-electron chi connectivity index (χ2n) is 11.0. The molecule has 40 heavy (non-hydrogen) atoms. The number of carbonyl (C=O) groups excluding carboxylic acids is 2. The lowest BCUT2D eigenvalue weighted by molar-refractivity contribution is -0.132. The van der Waals surface area contributed by atoms with Gasteiger partial charge in [-0.3, -0.25) is 14.6 Å². The van der Waals surface area contributed by atoms with E-state index in [2.05, 4.69) is 38.7 Å². The Hall–Kier alpha value is -3.43. The van der Waals surface area contributed by atoms with Crippen LogP contribution in [0.4, 0.5) is 5.69 Å². The Morgan fingerprint density at radius 3 is 3.00 bits per heavy atom. The summed E-state index contributed by atoms with van der Waals surface area (Å²) in [6.07, 6.45) is 11.2. The molecule has 3 aliphatic heterocycles. The predicted molar refractivity (Wildman–Crippen MR) is 154 cm³/mol. The fraction of sp³-hybridized carbons (Fsp3) is 0.516. The van der Waals surface area contributed by atoms with E-state index in [1.54, 1.807) is 19.5 Å². The Morgan fingerprint density at radius 2 is 2.15 bits per heavy atom. The van der Waals surface area contributed by atoms with E-state index in [9.17, 15) is 9.59 Å². The molecule has 0 aliphatic carbocycles. The molecule has 1 aromatic heterocycles. The average Bonchev–Trinajstić information content (AvgIpc) is 3.44. The van der Waals surface area contributed by atoms with Crippen molar-refractivity contribution in [2.45, 2.75) is 44.8 Å². The Balaban J connectivity index is 1.25. The van der Waals surface area contributed by atoms with Crippen LogP contribution < -0.4 is 20.3 Å². The number of hydrogen-bond acceptors (Lipinski definition) is 7. The fourth-order valence-corrected chi connectivity index (χ4v) is 6.09. The van der Waals surface area contributed by atoms with Crippen molar-refractivity contribution in [2.75, 3.05) is 51.4 Å². The van der Waals surface area contributed by atoms with Gasteiger partial charge in [0.2, 0.25) is 11.8 Å². The van der Waals surface area contributed by atoms with E-state index >= 15 is 0 Å². The Morgan fingerprint density at radius 1 is 1.23 bits per heavy atom. The highest BCUT2D eigenvalue weighted by molar-refractivity contribution is 5.79. The molecule has 0 saturated carbocycles. The summed E-state index contributed by atoms with van der Waals surface area (Å²) in [5.74, 6) is 1.21. The summed E-state index contributed by atoms with van der Waals surface area (Å²) in [5.41, 5.74) is 3.19. The number of nitrogens with one attached hydrogen (secondary N) is 2. The first-order valence-corrected chi connectivity index (χ1v) is 14.4. The van der Waals surface area contributed by atoms with Gasteiger partial charge in [0, 0.05) is 69.9 Å². The van der Waals surface area contributed by atoms with Crippen molar-refractivity contribution in [1.29, 1.82) is 0 Å². The Bertz CT molecular complexity index is 1170. The summed E-state index contributed by atoms with van der Waals surface area (Å²) >= 11 is 0. The van der Waals surface area contributed by atoms with E-state index in [1.165, 1.54) is 5.69 Å². The van der Waals surface area contributed by atoms with Gasteiger partial charge in [-0.1, -0.05) is 18.2 Å². The summed E-state index contributed by atoms with van der Waals surface area (Å²) in [6, 6.07) is 10.6. The number of carbonyl (C=O) groups is 2. The zero-order chi connectivity index (χ0) is 27.7. The molecular weight excluding hydrogens is 506 g/mol. The van der Waals surface area contributed by atoms with Crippen LogP contribution in [-0.4, -0.2) is 74.2 Å². The highest BCUT2D eigenvalue weighted by atomic mass is 16.5. The molecule has 3 aliphatic rings. The highest BCUT2D eigenvalue weighted by Gasteiger charge is 2.31. The highest BCUT2D eigenvalue weighted by Crippen LogP contribution is 2.31. The van der Waals surface area contributed by atoms with Gasteiger partial charge in [-0.15, -0.1) is 0 Å². The van der Waals surface area contributed by atoms with Crippen LogP contribution in [0.25, 0.3) is 0 Å². The summed E-state index contributed by atoms with van der Waals surface area (Å²) < 4.78 is 11.7. The second kappa shape index (κ2) is 13.8. The summed E-state index contributed by atoms with van der Waals surface area (Å²) in [7, 11) is 1.76. The van der Waals surface area contributed by atoms with Crippen molar-refractivity contribution >= 4 is 17.5 Å². The van der Waals surface area contributed by atoms with Gasteiger partial charge in [0.15, 0.2) is 0 Å². The third kappa shape index (κ3) is 7.20. The van der Waals surface area contributed by atoms with Crippen molar-refractivity contribution in [3.05, 3.63) is 66.0 Å². The Kier molecular flexibility index (Phi) is 9.67. The normalized spacial score (nSPS) is 24.2. The number of hydrogen-bond donors (Lipinski definition) is 2. The van der Waals surface area contributed by atoms with Crippen LogP contribution in [0.3, 0.4) is 0 Å². The first-order chi connectivity index (χ1) is 19.6. The molecule has 0 radical (unpaired) electrons. The minimum absolute atomic E-state index is 0.0262. The monoisotopic (exact) mass is 547 g/mol. The van der Waals surface area contributed by atoms with Gasteiger partial charge >= 0.3 is 0 Å². The molecule has 9 heteroatoms. The first-order valence-electron chi connectivity index (χ1n) is 14.4. The van der Waals surface area contributed by atoms with Gasteiger partial charge in [0.1, 0.15) is 12.4 Å². The van der Waals surface area contributed by atoms with E-state index in [4.69, 9.17) is 9.47 Å². The molecule has 0 unspecified atom stereocenters. The predicted octanol–water partition coefficient (Wildman–Crippen LogP) is 2.91. The van der Waals surface area contributed by atoms with Crippen molar-refractivity contribution < 1.29 is 19.1 Å². The molecule has 2 amide bonds. The number of amides is 2. The molecule has 4 heterocycles. The number of fused-ring (bicyclic) bond motifs is 3. The maximum absolute atomic E-state index is 13.1. The number of pyridine rings is 1. The van der Waals surface area contributed by atoms with Crippen LogP contribution in [0.5, 0.6) is 5.75 Å². The number of anilines is 1. The van der Waals surface area contributed by atoms with Crippen LogP contribution >= 0.6 is 0 Å². The zero-order valence-electron chi connectivity index (χ0n) is 23.4. The van der Waals surface area contributed by atoms with Crippen molar-refractivity contribution in [2.24, 2.45) is 11.8 Å². The van der Waals surface area contributed by atoms with Gasteiger partial charge in [-0.25, -0.2) is 0 Å². The van der Waals surface area contributed by atoms with Crippen LogP contribution in [0.15, 0.2) is 54.9 Å². The van der Waals surface area contributed by atoms with Crippen LogP contribution in [0.2, 0.25) is 0 Å². The maximum Gasteiger partial charge on any atom is 0.236 e. The van der Waals surface area contributed by atoms with E-state index in [1.807, 2.05) is 29.2 Å². The lowest BCUT2D eigenvalue weighted by Crippen LogP contribution is -2.47. The molecule has 2 fully saturated rings. The minimum atomic E-state index is 0.0262. The molecule has 9 nitrogen and oxygen atoms in total. The smallest absolute Gasteiger partial charge is 0.236 e. The number of methoxy groups -OCH3 is 1. The molecule has 2 saturated heterocycles. The van der Waals surface area contributed by atoms with Gasteiger partial charge in [-0.2, -0.15) is 0 Å². The number of ether oxygens (including phenoxy) is 2. The number of piperidine rings is 1. The quantitative estimate of drug-likeness (QED) is 0.515. The van der Waals surface area contributed by atoms with E-state index in [0.29, 0.717) is 45.2 Å².